The van der Waals surface area contributed by atoms with Gasteiger partial charge in [-0.15, -0.1) is 0 Å². The first-order valence-electron chi connectivity index (χ1n) is 4.13. The summed E-state index contributed by atoms with van der Waals surface area (Å²) in [6, 6.07) is 8.28. The number of hydrogen-bond donors (Lipinski definition) is 1. The molecule has 0 amide bonds. The topological polar surface area (TPSA) is 35.2 Å². The number of nitrogens with two attached hydrogens (primary N) is 1. The predicted molar refractivity (Wildman–Crippen MR) is 49.7 cm³/mol. The number of benzene rings is 1. The van der Waals surface area contributed by atoms with Crippen molar-refractivity contribution in [3.05, 3.63) is 35.4 Å². The molecule has 2 heteroatoms. The lowest BCUT2D eigenvalue weighted by molar-refractivity contribution is 0.126. The molecule has 2 N–H and O–H groups in total. The van der Waals surface area contributed by atoms with Crippen LogP contribution in [0.4, 0.5) is 0 Å². The van der Waals surface area contributed by atoms with E-state index >= 15 is 0 Å². The molecule has 1 aromatic carbocycles. The van der Waals surface area contributed by atoms with E-state index in [0.717, 1.165) is 0 Å². The number of hydrogen-bond acceptors (Lipinski definition) is 2. The Morgan fingerprint density at radius 1 is 1.42 bits per heavy atom. The van der Waals surface area contributed by atoms with Gasteiger partial charge in [0.05, 0.1) is 6.61 Å². The van der Waals surface area contributed by atoms with Crippen LogP contribution in [0, 0.1) is 6.92 Å². The predicted octanol–water partition coefficient (Wildman–Crippen LogP) is 1.99. The Hall–Kier alpha value is -0.860. The summed E-state index contributed by atoms with van der Waals surface area (Å²) < 4.78 is 0. The first-order valence-corrected chi connectivity index (χ1v) is 4.13. The van der Waals surface area contributed by atoms with E-state index in [1.807, 2.05) is 12.1 Å². The highest BCUT2D eigenvalue weighted by Crippen LogP contribution is 2.18. The van der Waals surface area contributed by atoms with Crippen LogP contribution in [0.5, 0.6) is 0 Å². The normalized spacial score (nSPS) is 12.9. The van der Waals surface area contributed by atoms with Crippen molar-refractivity contribution >= 4 is 0 Å². The zero-order valence-electron chi connectivity index (χ0n) is 7.58. The van der Waals surface area contributed by atoms with Gasteiger partial charge in [-0.2, -0.15) is 0 Å². The van der Waals surface area contributed by atoms with Crippen molar-refractivity contribution in [3.63, 3.8) is 0 Å². The molecule has 1 aromatic rings. The third-order valence-electron chi connectivity index (χ3n) is 2.07. The quantitative estimate of drug-likeness (QED) is 0.695. The Bertz CT molecular complexity index is 247. The van der Waals surface area contributed by atoms with Crippen LogP contribution in [0.15, 0.2) is 24.3 Å². The van der Waals surface area contributed by atoms with Gasteiger partial charge in [-0.25, -0.2) is 5.90 Å². The lowest BCUT2D eigenvalue weighted by Gasteiger charge is -2.12. The van der Waals surface area contributed by atoms with Gasteiger partial charge in [-0.1, -0.05) is 31.2 Å². The molecule has 0 aliphatic heterocycles. The van der Waals surface area contributed by atoms with E-state index in [9.17, 15) is 0 Å². The van der Waals surface area contributed by atoms with Gasteiger partial charge < -0.3 is 4.84 Å². The highest BCUT2D eigenvalue weighted by Gasteiger charge is 2.06. The molecule has 1 atom stereocenters. The molecule has 0 spiro atoms. The van der Waals surface area contributed by atoms with Gasteiger partial charge in [0.25, 0.3) is 0 Å². The van der Waals surface area contributed by atoms with Gasteiger partial charge in [0.2, 0.25) is 0 Å². The van der Waals surface area contributed by atoms with Gasteiger partial charge in [0.15, 0.2) is 0 Å². The average Bonchev–Trinajstić information content (AvgIpc) is 2.05. The lowest BCUT2D eigenvalue weighted by atomic mass is 9.97. The fourth-order valence-electron chi connectivity index (χ4n) is 1.37. The van der Waals surface area contributed by atoms with E-state index in [2.05, 4.69) is 30.8 Å². The molecule has 66 valence electrons. The van der Waals surface area contributed by atoms with E-state index in [1.54, 1.807) is 0 Å². The molecular formula is C10H15NO. The van der Waals surface area contributed by atoms with Crippen LogP contribution in [-0.2, 0) is 4.84 Å². The van der Waals surface area contributed by atoms with Crippen molar-refractivity contribution in [2.45, 2.75) is 19.8 Å². The van der Waals surface area contributed by atoms with Crippen molar-refractivity contribution in [2.75, 3.05) is 6.61 Å². The second-order valence-corrected chi connectivity index (χ2v) is 3.09. The third-order valence-corrected chi connectivity index (χ3v) is 2.07. The lowest BCUT2D eigenvalue weighted by Crippen LogP contribution is -2.09. The first-order chi connectivity index (χ1) is 5.75. The van der Waals surface area contributed by atoms with Crippen molar-refractivity contribution in [1.82, 2.24) is 0 Å². The van der Waals surface area contributed by atoms with Crippen LogP contribution in [0.2, 0.25) is 0 Å². The zero-order valence-corrected chi connectivity index (χ0v) is 7.58. The maximum atomic E-state index is 5.02. The molecule has 0 aliphatic carbocycles. The maximum absolute atomic E-state index is 5.02. The van der Waals surface area contributed by atoms with Gasteiger partial charge in [-0.3, -0.25) is 0 Å². The van der Waals surface area contributed by atoms with Crippen molar-refractivity contribution in [1.29, 1.82) is 0 Å². The Labute approximate surface area is 73.3 Å². The molecule has 2 nitrogen and oxygen atoms in total. The molecule has 0 aliphatic rings. The third kappa shape index (κ3) is 2.06. The second-order valence-electron chi connectivity index (χ2n) is 3.09. The Morgan fingerprint density at radius 3 is 2.67 bits per heavy atom. The SMILES string of the molecule is Cc1ccccc1C(C)CON. The van der Waals surface area contributed by atoms with E-state index in [4.69, 9.17) is 5.90 Å². The van der Waals surface area contributed by atoms with Gasteiger partial charge >= 0.3 is 0 Å². The second kappa shape index (κ2) is 4.24. The summed E-state index contributed by atoms with van der Waals surface area (Å²) in [4.78, 5) is 4.61. The summed E-state index contributed by atoms with van der Waals surface area (Å²) >= 11 is 0. The minimum atomic E-state index is 0.371. The van der Waals surface area contributed by atoms with E-state index in [-0.39, 0.29) is 0 Å². The molecule has 12 heavy (non-hydrogen) atoms. The summed E-state index contributed by atoms with van der Waals surface area (Å²) in [5.41, 5.74) is 2.60. The monoisotopic (exact) mass is 165 g/mol. The van der Waals surface area contributed by atoms with Crippen LogP contribution >= 0.6 is 0 Å². The van der Waals surface area contributed by atoms with Crippen LogP contribution < -0.4 is 5.90 Å². The van der Waals surface area contributed by atoms with Crippen molar-refractivity contribution in [2.24, 2.45) is 5.90 Å². The van der Waals surface area contributed by atoms with Crippen LogP contribution in [0.3, 0.4) is 0 Å². The first kappa shape index (κ1) is 9.23. The van der Waals surface area contributed by atoms with E-state index in [1.165, 1.54) is 11.1 Å². The van der Waals surface area contributed by atoms with E-state index in [0.29, 0.717) is 12.5 Å². The molecule has 0 radical (unpaired) electrons. The van der Waals surface area contributed by atoms with Gasteiger partial charge in [-0.05, 0) is 18.1 Å². The Kier molecular flexibility index (Phi) is 3.26. The molecule has 0 saturated carbocycles. The Morgan fingerprint density at radius 2 is 2.08 bits per heavy atom. The molecule has 1 rings (SSSR count). The van der Waals surface area contributed by atoms with Crippen molar-refractivity contribution < 1.29 is 4.84 Å². The van der Waals surface area contributed by atoms with Gasteiger partial charge in [0.1, 0.15) is 0 Å². The van der Waals surface area contributed by atoms with Crippen molar-refractivity contribution in [3.8, 4) is 0 Å². The minimum Gasteiger partial charge on any atom is -0.304 e. The molecule has 0 fully saturated rings. The fraction of sp³-hybridized carbons (Fsp3) is 0.400. The van der Waals surface area contributed by atoms with Crippen LogP contribution in [0.1, 0.15) is 24.0 Å². The highest BCUT2D eigenvalue weighted by molar-refractivity contribution is 5.28. The highest BCUT2D eigenvalue weighted by atomic mass is 16.6. The van der Waals surface area contributed by atoms with Gasteiger partial charge in [0, 0.05) is 5.92 Å². The molecule has 0 bridgehead atoms. The Balaban J connectivity index is 2.79. The summed E-state index contributed by atoms with van der Waals surface area (Å²) in [7, 11) is 0. The summed E-state index contributed by atoms with van der Waals surface area (Å²) in [6.07, 6.45) is 0. The van der Waals surface area contributed by atoms with Crippen LogP contribution in [0.25, 0.3) is 0 Å². The smallest absolute Gasteiger partial charge is 0.0745 e. The molecule has 1 unspecified atom stereocenters. The summed E-state index contributed by atoms with van der Waals surface area (Å²) in [6.45, 7) is 4.78. The largest absolute Gasteiger partial charge is 0.304 e. The average molecular weight is 165 g/mol. The summed E-state index contributed by atoms with van der Waals surface area (Å²) in [5, 5.41) is 0. The van der Waals surface area contributed by atoms with E-state index < -0.39 is 0 Å². The fourth-order valence-corrected chi connectivity index (χ4v) is 1.37. The molecule has 0 saturated heterocycles. The summed E-state index contributed by atoms with van der Waals surface area (Å²) in [5.74, 6) is 5.39. The molecule has 0 aromatic heterocycles. The molecular weight excluding hydrogens is 150 g/mol. The standard InChI is InChI=1S/C10H15NO/c1-8-5-3-4-6-10(8)9(2)7-12-11/h3-6,9H,7,11H2,1-2H3. The number of aryl methyl sites for hydroxylation is 1. The zero-order chi connectivity index (χ0) is 8.97. The maximum Gasteiger partial charge on any atom is 0.0745 e. The number of rotatable bonds is 3. The van der Waals surface area contributed by atoms with Crippen LogP contribution in [-0.4, -0.2) is 6.61 Å². The minimum absolute atomic E-state index is 0.371. The molecule has 0 heterocycles.